The average molecular weight is 345 g/mol. The van der Waals surface area contributed by atoms with Crippen LogP contribution in [0.5, 0.6) is 0 Å². The monoisotopic (exact) mass is 345 g/mol. The summed E-state index contributed by atoms with van der Waals surface area (Å²) in [5, 5.41) is 1.26. The molecule has 3 nitrogen and oxygen atoms in total. The summed E-state index contributed by atoms with van der Waals surface area (Å²) in [7, 11) is 5.50. The molecule has 3 heteroatoms. The van der Waals surface area contributed by atoms with Crippen LogP contribution >= 0.6 is 0 Å². The number of fused-ring (bicyclic) bond motifs is 3. The first kappa shape index (κ1) is 16.5. The van der Waals surface area contributed by atoms with E-state index in [4.69, 9.17) is 9.47 Å². The van der Waals surface area contributed by atoms with Gasteiger partial charge in [0.25, 0.3) is 0 Å². The Balaban J connectivity index is 1.83. The minimum Gasteiger partial charge on any atom is -0.493 e. The van der Waals surface area contributed by atoms with E-state index in [1.54, 1.807) is 14.2 Å². The standard InChI is InChI=1S/C23H23NO2/c1-24-20-10-9-17(13-16-7-5-4-6-8-16)14-18(20)19-15-23(26-3)22(25-2)12-11-21(19)24/h4-10,12,14-15H,11,13H2,1-3H3. The van der Waals surface area contributed by atoms with Gasteiger partial charge in [-0.25, -0.2) is 0 Å². The van der Waals surface area contributed by atoms with E-state index in [2.05, 4.69) is 72.3 Å². The van der Waals surface area contributed by atoms with E-state index in [1.807, 2.05) is 0 Å². The van der Waals surface area contributed by atoms with Crippen molar-refractivity contribution in [2.75, 3.05) is 14.2 Å². The summed E-state index contributed by atoms with van der Waals surface area (Å²) in [4.78, 5) is 0. The maximum Gasteiger partial charge on any atom is 0.161 e. The Hall–Kier alpha value is -2.94. The molecular weight excluding hydrogens is 322 g/mol. The van der Waals surface area contributed by atoms with Crippen LogP contribution in [0.15, 0.2) is 66.1 Å². The van der Waals surface area contributed by atoms with E-state index < -0.39 is 0 Å². The molecule has 0 saturated heterocycles. The zero-order valence-electron chi connectivity index (χ0n) is 15.5. The van der Waals surface area contributed by atoms with Crippen LogP contribution in [0.1, 0.15) is 22.4 Å². The minimum absolute atomic E-state index is 0.771. The normalized spacial score (nSPS) is 13.7. The second-order valence-corrected chi connectivity index (χ2v) is 6.62. The summed E-state index contributed by atoms with van der Waals surface area (Å²) < 4.78 is 13.3. The van der Waals surface area contributed by atoms with E-state index in [0.29, 0.717) is 0 Å². The number of allylic oxidation sites excluding steroid dienone is 1. The fourth-order valence-corrected chi connectivity index (χ4v) is 3.76. The minimum atomic E-state index is 0.771. The second kappa shape index (κ2) is 6.75. The van der Waals surface area contributed by atoms with E-state index in [-0.39, 0.29) is 0 Å². The number of nitrogens with zero attached hydrogens (tertiary/aromatic N) is 1. The van der Waals surface area contributed by atoms with Crippen molar-refractivity contribution in [3.63, 3.8) is 0 Å². The van der Waals surface area contributed by atoms with Crippen molar-refractivity contribution in [2.45, 2.75) is 12.8 Å². The second-order valence-electron chi connectivity index (χ2n) is 6.62. The zero-order valence-corrected chi connectivity index (χ0v) is 15.5. The van der Waals surface area contributed by atoms with Gasteiger partial charge < -0.3 is 14.0 Å². The van der Waals surface area contributed by atoms with Crippen LogP contribution in [-0.4, -0.2) is 18.8 Å². The highest BCUT2D eigenvalue weighted by molar-refractivity contribution is 5.93. The van der Waals surface area contributed by atoms with E-state index in [0.717, 1.165) is 24.4 Å². The van der Waals surface area contributed by atoms with Crippen LogP contribution < -0.4 is 0 Å². The molecule has 1 aliphatic carbocycles. The Labute approximate surface area is 154 Å². The van der Waals surface area contributed by atoms with Gasteiger partial charge in [-0.05, 0) is 41.8 Å². The highest BCUT2D eigenvalue weighted by atomic mass is 16.5. The first-order chi connectivity index (χ1) is 12.7. The number of rotatable bonds is 4. The van der Waals surface area contributed by atoms with Gasteiger partial charge in [-0.3, -0.25) is 0 Å². The molecular formula is C23H23NO2. The van der Waals surface area contributed by atoms with Gasteiger partial charge in [0.1, 0.15) is 0 Å². The number of ether oxygens (including phenoxy) is 2. The lowest BCUT2D eigenvalue weighted by molar-refractivity contribution is 0.222. The molecule has 3 aromatic rings. The third kappa shape index (κ3) is 2.80. The number of methoxy groups -OCH3 is 2. The molecule has 1 heterocycles. The third-order valence-electron chi connectivity index (χ3n) is 5.12. The molecule has 0 amide bonds. The first-order valence-corrected chi connectivity index (χ1v) is 8.85. The predicted molar refractivity (Wildman–Crippen MR) is 106 cm³/mol. The largest absolute Gasteiger partial charge is 0.493 e. The van der Waals surface area contributed by atoms with Crippen LogP contribution in [0.2, 0.25) is 0 Å². The topological polar surface area (TPSA) is 23.4 Å². The van der Waals surface area contributed by atoms with Crippen LogP contribution in [0.4, 0.5) is 0 Å². The maximum absolute atomic E-state index is 5.57. The number of hydrogen-bond donors (Lipinski definition) is 0. The smallest absolute Gasteiger partial charge is 0.161 e. The molecule has 4 rings (SSSR count). The summed E-state index contributed by atoms with van der Waals surface area (Å²) in [5.74, 6) is 1.56. The third-order valence-corrected chi connectivity index (χ3v) is 5.12. The molecule has 0 atom stereocenters. The van der Waals surface area contributed by atoms with Gasteiger partial charge >= 0.3 is 0 Å². The highest BCUT2D eigenvalue weighted by Gasteiger charge is 2.19. The van der Waals surface area contributed by atoms with Crippen LogP contribution in [0, 0.1) is 0 Å². The summed E-state index contributed by atoms with van der Waals surface area (Å²) >= 11 is 0. The van der Waals surface area contributed by atoms with Gasteiger partial charge in [0.2, 0.25) is 0 Å². The van der Waals surface area contributed by atoms with Gasteiger partial charge in [-0.15, -0.1) is 0 Å². The van der Waals surface area contributed by atoms with Gasteiger partial charge in [0, 0.05) is 35.6 Å². The van der Waals surface area contributed by atoms with Crippen LogP contribution in [-0.2, 0) is 29.4 Å². The Morgan fingerprint density at radius 2 is 1.69 bits per heavy atom. The molecule has 1 aliphatic rings. The summed E-state index contributed by atoms with van der Waals surface area (Å²) in [6.07, 6.45) is 5.95. The average Bonchev–Trinajstić information content (AvgIpc) is 2.82. The maximum atomic E-state index is 5.57. The fourth-order valence-electron chi connectivity index (χ4n) is 3.76. The number of benzene rings is 2. The quantitative estimate of drug-likeness (QED) is 0.675. The number of aromatic nitrogens is 1. The Bertz CT molecular complexity index is 1010. The van der Waals surface area contributed by atoms with Gasteiger partial charge in [0.15, 0.2) is 11.5 Å². The lowest BCUT2D eigenvalue weighted by atomic mass is 10.0. The molecule has 0 fully saturated rings. The summed E-state index contributed by atoms with van der Waals surface area (Å²) in [6, 6.07) is 17.3. The van der Waals surface area contributed by atoms with Crippen LogP contribution in [0.25, 0.3) is 17.0 Å². The molecule has 0 N–H and O–H groups in total. The van der Waals surface area contributed by atoms with Gasteiger partial charge in [0.05, 0.1) is 14.2 Å². The number of aryl methyl sites for hydroxylation is 1. The molecule has 0 radical (unpaired) electrons. The number of hydrogen-bond acceptors (Lipinski definition) is 2. The molecule has 0 saturated carbocycles. The molecule has 132 valence electrons. The highest BCUT2D eigenvalue weighted by Crippen LogP contribution is 2.33. The SMILES string of the molecule is COC1=CCc2c(c3cc(Cc4ccccc4)ccc3n2C)C=C1OC. The lowest BCUT2D eigenvalue weighted by Crippen LogP contribution is -1.97. The molecule has 26 heavy (non-hydrogen) atoms. The Morgan fingerprint density at radius 1 is 0.923 bits per heavy atom. The Morgan fingerprint density at radius 3 is 2.42 bits per heavy atom. The van der Waals surface area contributed by atoms with Crippen molar-refractivity contribution in [3.05, 3.63) is 88.5 Å². The van der Waals surface area contributed by atoms with Gasteiger partial charge in [-0.2, -0.15) is 0 Å². The first-order valence-electron chi connectivity index (χ1n) is 8.85. The van der Waals surface area contributed by atoms with Crippen molar-refractivity contribution >= 4 is 17.0 Å². The molecule has 0 unspecified atom stereocenters. The molecule has 0 bridgehead atoms. The Kier molecular flexibility index (Phi) is 4.29. The van der Waals surface area contributed by atoms with E-state index in [1.165, 1.54) is 33.3 Å². The molecule has 0 spiro atoms. The van der Waals surface area contributed by atoms with E-state index >= 15 is 0 Å². The van der Waals surface area contributed by atoms with Crippen molar-refractivity contribution in [2.24, 2.45) is 7.05 Å². The van der Waals surface area contributed by atoms with Gasteiger partial charge in [-0.1, -0.05) is 36.4 Å². The molecule has 1 aromatic heterocycles. The predicted octanol–water partition coefficient (Wildman–Crippen LogP) is 4.84. The summed E-state index contributed by atoms with van der Waals surface area (Å²) in [5.41, 5.74) is 6.38. The van der Waals surface area contributed by atoms with Crippen LogP contribution in [0.3, 0.4) is 0 Å². The molecule has 0 aliphatic heterocycles. The van der Waals surface area contributed by atoms with Crippen molar-refractivity contribution in [1.29, 1.82) is 0 Å². The van der Waals surface area contributed by atoms with Crippen molar-refractivity contribution in [1.82, 2.24) is 4.57 Å². The van der Waals surface area contributed by atoms with Crippen molar-refractivity contribution in [3.8, 4) is 0 Å². The molecule has 2 aromatic carbocycles. The zero-order chi connectivity index (χ0) is 18.1. The fraction of sp³-hybridized carbons (Fsp3) is 0.217. The van der Waals surface area contributed by atoms with E-state index in [9.17, 15) is 0 Å². The summed E-state index contributed by atoms with van der Waals surface area (Å²) in [6.45, 7) is 0. The lowest BCUT2D eigenvalue weighted by Gasteiger charge is -2.08. The van der Waals surface area contributed by atoms with Crippen molar-refractivity contribution < 1.29 is 9.47 Å².